The van der Waals surface area contributed by atoms with Crippen LogP contribution in [-0.4, -0.2) is 35.8 Å². The van der Waals surface area contributed by atoms with Gasteiger partial charge in [0, 0.05) is 6.61 Å². The molecule has 0 saturated heterocycles. The zero-order valence-corrected chi connectivity index (χ0v) is 9.81. The monoisotopic (exact) mass is 220 g/mol. The highest BCUT2D eigenvalue weighted by molar-refractivity contribution is 7.99. The highest BCUT2D eigenvalue weighted by Crippen LogP contribution is 2.07. The number of aliphatic hydroxyl groups excluding tert-OH is 1. The first-order chi connectivity index (χ1) is 6.70. The van der Waals surface area contributed by atoms with E-state index < -0.39 is 0 Å². The van der Waals surface area contributed by atoms with Gasteiger partial charge in [0.25, 0.3) is 0 Å². The minimum Gasteiger partial charge on any atom is -0.465 e. The fraction of sp³-hybridized carbons (Fsp3) is 0.900. The first-order valence-electron chi connectivity index (χ1n) is 5.05. The minimum absolute atomic E-state index is 0.145. The van der Waals surface area contributed by atoms with Crippen molar-refractivity contribution in [3.63, 3.8) is 0 Å². The molecule has 0 aliphatic heterocycles. The number of thioether (sulfide) groups is 1. The van der Waals surface area contributed by atoms with Gasteiger partial charge >= 0.3 is 5.97 Å². The summed E-state index contributed by atoms with van der Waals surface area (Å²) in [7, 11) is 0. The lowest BCUT2D eigenvalue weighted by atomic mass is 10.2. The van der Waals surface area contributed by atoms with E-state index in [1.54, 1.807) is 0 Å². The number of rotatable bonds is 8. The molecule has 0 spiro atoms. The van der Waals surface area contributed by atoms with Crippen molar-refractivity contribution >= 4 is 17.7 Å². The Balaban J connectivity index is 3.26. The van der Waals surface area contributed by atoms with Gasteiger partial charge in [-0.2, -0.15) is 0 Å². The number of carbonyl (C=O) groups excluding carboxylic acids is 1. The molecule has 0 aromatic carbocycles. The Bertz CT molecular complexity index is 150. The van der Waals surface area contributed by atoms with E-state index in [0.717, 1.165) is 18.6 Å². The molecule has 0 radical (unpaired) electrons. The third kappa shape index (κ3) is 8.38. The van der Waals surface area contributed by atoms with Crippen LogP contribution in [0.5, 0.6) is 0 Å². The first-order valence-corrected chi connectivity index (χ1v) is 6.20. The van der Waals surface area contributed by atoms with Crippen molar-refractivity contribution in [1.82, 2.24) is 0 Å². The normalized spacial score (nSPS) is 12.5. The van der Waals surface area contributed by atoms with Crippen molar-refractivity contribution in [1.29, 1.82) is 0 Å². The van der Waals surface area contributed by atoms with Crippen molar-refractivity contribution in [2.75, 3.05) is 24.7 Å². The molecule has 14 heavy (non-hydrogen) atoms. The number of ether oxygens (including phenoxy) is 1. The van der Waals surface area contributed by atoms with Crippen LogP contribution in [0.15, 0.2) is 0 Å². The lowest BCUT2D eigenvalue weighted by molar-refractivity contribution is -0.140. The summed E-state index contributed by atoms with van der Waals surface area (Å²) in [5.74, 6) is 1.31. The van der Waals surface area contributed by atoms with Gasteiger partial charge in [0.2, 0.25) is 0 Å². The summed E-state index contributed by atoms with van der Waals surface area (Å²) in [6, 6.07) is 0. The number of hydrogen-bond donors (Lipinski definition) is 1. The van der Waals surface area contributed by atoms with Crippen LogP contribution in [0.4, 0.5) is 0 Å². The zero-order valence-electron chi connectivity index (χ0n) is 8.99. The number of hydrogen-bond acceptors (Lipinski definition) is 4. The van der Waals surface area contributed by atoms with Crippen LogP contribution < -0.4 is 0 Å². The smallest absolute Gasteiger partial charge is 0.315 e. The summed E-state index contributed by atoms with van der Waals surface area (Å²) in [6.45, 7) is 4.73. The van der Waals surface area contributed by atoms with Crippen molar-refractivity contribution in [3.05, 3.63) is 0 Å². The van der Waals surface area contributed by atoms with E-state index in [9.17, 15) is 4.79 Å². The van der Waals surface area contributed by atoms with Crippen LogP contribution in [0, 0.1) is 5.92 Å². The highest BCUT2D eigenvalue weighted by atomic mass is 32.2. The van der Waals surface area contributed by atoms with Crippen LogP contribution in [0.25, 0.3) is 0 Å². The molecule has 0 rings (SSSR count). The van der Waals surface area contributed by atoms with Crippen molar-refractivity contribution in [3.8, 4) is 0 Å². The van der Waals surface area contributed by atoms with Gasteiger partial charge in [0.15, 0.2) is 0 Å². The molecule has 1 N–H and O–H groups in total. The van der Waals surface area contributed by atoms with Gasteiger partial charge in [-0.15, -0.1) is 11.8 Å². The Morgan fingerprint density at radius 1 is 1.57 bits per heavy atom. The van der Waals surface area contributed by atoms with Crippen LogP contribution in [-0.2, 0) is 9.53 Å². The molecular formula is C10H20O3S. The summed E-state index contributed by atoms with van der Waals surface area (Å²) in [4.78, 5) is 11.1. The van der Waals surface area contributed by atoms with Crippen LogP contribution >= 0.6 is 11.8 Å². The molecule has 1 atom stereocenters. The van der Waals surface area contributed by atoms with E-state index in [4.69, 9.17) is 9.84 Å². The standard InChI is InChI=1S/C10H20O3S/c1-3-4-5-13-10(12)8-14-7-9(2)6-11/h9,11H,3-8H2,1-2H3. The second-order valence-corrected chi connectivity index (χ2v) is 4.41. The maximum atomic E-state index is 11.1. The predicted octanol–water partition coefficient (Wildman–Crippen LogP) is 1.69. The second kappa shape index (κ2) is 9.34. The molecule has 0 aromatic heterocycles. The summed E-state index contributed by atoms with van der Waals surface area (Å²) in [6.07, 6.45) is 1.98. The zero-order chi connectivity index (χ0) is 10.8. The van der Waals surface area contributed by atoms with Gasteiger partial charge in [-0.05, 0) is 18.1 Å². The second-order valence-electron chi connectivity index (χ2n) is 3.38. The maximum Gasteiger partial charge on any atom is 0.315 e. The average Bonchev–Trinajstić information content (AvgIpc) is 2.18. The van der Waals surface area contributed by atoms with Crippen LogP contribution in [0.1, 0.15) is 26.7 Å². The van der Waals surface area contributed by atoms with E-state index in [1.165, 1.54) is 11.8 Å². The topological polar surface area (TPSA) is 46.5 Å². The fourth-order valence-electron chi connectivity index (χ4n) is 0.768. The summed E-state index contributed by atoms with van der Waals surface area (Å²) in [5.41, 5.74) is 0. The number of carbonyl (C=O) groups is 1. The molecule has 0 saturated carbocycles. The molecule has 0 aromatic rings. The molecule has 0 fully saturated rings. The summed E-state index contributed by atoms with van der Waals surface area (Å²) >= 11 is 1.52. The molecule has 0 heterocycles. The van der Waals surface area contributed by atoms with E-state index in [1.807, 2.05) is 6.92 Å². The van der Waals surface area contributed by atoms with Gasteiger partial charge in [-0.3, -0.25) is 4.79 Å². The van der Waals surface area contributed by atoms with Gasteiger partial charge in [-0.1, -0.05) is 20.3 Å². The maximum absolute atomic E-state index is 11.1. The predicted molar refractivity (Wildman–Crippen MR) is 59.4 cm³/mol. The van der Waals surface area contributed by atoms with E-state index >= 15 is 0 Å². The molecule has 84 valence electrons. The minimum atomic E-state index is -0.145. The fourth-order valence-corrected chi connectivity index (χ4v) is 1.64. The first kappa shape index (κ1) is 13.8. The Kier molecular flexibility index (Phi) is 9.19. The molecule has 0 aliphatic carbocycles. The van der Waals surface area contributed by atoms with Crippen molar-refractivity contribution < 1.29 is 14.6 Å². The molecule has 0 aliphatic rings. The SMILES string of the molecule is CCCCOC(=O)CSCC(C)CO. The number of aliphatic hydroxyl groups is 1. The van der Waals surface area contributed by atoms with E-state index in [-0.39, 0.29) is 18.5 Å². The van der Waals surface area contributed by atoms with E-state index in [0.29, 0.717) is 12.4 Å². The molecular weight excluding hydrogens is 200 g/mol. The molecule has 0 amide bonds. The quantitative estimate of drug-likeness (QED) is 0.499. The Hall–Kier alpha value is -0.220. The van der Waals surface area contributed by atoms with Crippen LogP contribution in [0.2, 0.25) is 0 Å². The third-order valence-corrected chi connectivity index (χ3v) is 2.94. The number of esters is 1. The highest BCUT2D eigenvalue weighted by Gasteiger charge is 2.05. The van der Waals surface area contributed by atoms with Crippen molar-refractivity contribution in [2.45, 2.75) is 26.7 Å². The summed E-state index contributed by atoms with van der Waals surface area (Å²) in [5, 5.41) is 8.74. The van der Waals surface area contributed by atoms with Crippen LogP contribution in [0.3, 0.4) is 0 Å². The Labute approximate surface area is 90.2 Å². The molecule has 1 unspecified atom stereocenters. The van der Waals surface area contributed by atoms with Gasteiger partial charge < -0.3 is 9.84 Å². The lowest BCUT2D eigenvalue weighted by Crippen LogP contribution is -2.11. The Morgan fingerprint density at radius 2 is 2.29 bits per heavy atom. The van der Waals surface area contributed by atoms with Crippen molar-refractivity contribution in [2.24, 2.45) is 5.92 Å². The molecule has 4 heteroatoms. The summed E-state index contributed by atoms with van der Waals surface area (Å²) < 4.78 is 4.98. The lowest BCUT2D eigenvalue weighted by Gasteiger charge is -2.07. The van der Waals surface area contributed by atoms with E-state index in [2.05, 4.69) is 6.92 Å². The largest absolute Gasteiger partial charge is 0.465 e. The van der Waals surface area contributed by atoms with Gasteiger partial charge in [0.05, 0.1) is 12.4 Å². The molecule has 0 bridgehead atoms. The Morgan fingerprint density at radius 3 is 2.86 bits per heavy atom. The van der Waals surface area contributed by atoms with Gasteiger partial charge in [-0.25, -0.2) is 0 Å². The van der Waals surface area contributed by atoms with Gasteiger partial charge in [0.1, 0.15) is 0 Å². The molecule has 3 nitrogen and oxygen atoms in total. The number of unbranched alkanes of at least 4 members (excludes halogenated alkanes) is 1. The third-order valence-electron chi connectivity index (χ3n) is 1.69. The average molecular weight is 220 g/mol.